The quantitative estimate of drug-likeness (QED) is 0.745. The van der Waals surface area contributed by atoms with Gasteiger partial charge in [-0.2, -0.15) is 0 Å². The topological polar surface area (TPSA) is 44.9 Å². The molecule has 1 saturated heterocycles. The summed E-state index contributed by atoms with van der Waals surface area (Å²) in [4.78, 5) is 9.19. The van der Waals surface area contributed by atoms with Crippen LogP contribution < -0.4 is 5.73 Å². The predicted molar refractivity (Wildman–Crippen MR) is 71.8 cm³/mol. The number of likely N-dealkylation sites (tertiary alicyclic amines) is 1. The Morgan fingerprint density at radius 3 is 2.71 bits per heavy atom. The summed E-state index contributed by atoms with van der Waals surface area (Å²) in [6, 6.07) is 0.318. The minimum Gasteiger partial charge on any atom is -0.358 e. The Hall–Kier alpha value is -1.03. The molecule has 0 aromatic rings. The van der Waals surface area contributed by atoms with Crippen molar-refractivity contribution < 1.29 is 0 Å². The molecule has 0 aliphatic carbocycles. The highest BCUT2D eigenvalue weighted by molar-refractivity contribution is 5.93. The number of amidine groups is 1. The number of hydrogen-bond donors (Lipinski definition) is 1. The third kappa shape index (κ3) is 3.46. The molecule has 0 amide bonds. The van der Waals surface area contributed by atoms with Crippen molar-refractivity contribution in [3.63, 3.8) is 0 Å². The molecule has 2 rings (SSSR count). The molecule has 0 unspecified atom stereocenters. The average molecular weight is 236 g/mol. The van der Waals surface area contributed by atoms with E-state index >= 15 is 0 Å². The van der Waals surface area contributed by atoms with Crippen LogP contribution >= 0.6 is 0 Å². The first-order chi connectivity index (χ1) is 7.94. The van der Waals surface area contributed by atoms with Crippen molar-refractivity contribution in [2.75, 3.05) is 26.3 Å². The number of nitrogens with zero attached hydrogens (tertiary/aromatic N) is 3. The van der Waals surface area contributed by atoms with Crippen LogP contribution in [0.1, 0.15) is 27.2 Å². The third-order valence-electron chi connectivity index (χ3n) is 3.07. The van der Waals surface area contributed by atoms with E-state index in [1.807, 2.05) is 0 Å². The molecule has 2 aliphatic rings. The van der Waals surface area contributed by atoms with Gasteiger partial charge in [0.25, 0.3) is 0 Å². The predicted octanol–water partition coefficient (Wildman–Crippen LogP) is 1.25. The van der Waals surface area contributed by atoms with Crippen LogP contribution in [0.25, 0.3) is 0 Å². The maximum absolute atomic E-state index is 5.91. The Balaban J connectivity index is 1.88. The highest BCUT2D eigenvalue weighted by Gasteiger charge is 2.22. The maximum Gasteiger partial charge on any atom is 0.127 e. The minimum absolute atomic E-state index is 0.313. The molecule has 96 valence electrons. The van der Waals surface area contributed by atoms with Crippen LogP contribution in [-0.4, -0.2) is 48.0 Å². The number of hydrogen-bond acceptors (Lipinski definition) is 4. The van der Waals surface area contributed by atoms with Gasteiger partial charge in [0.15, 0.2) is 0 Å². The second-order valence-corrected chi connectivity index (χ2v) is 6.28. The van der Waals surface area contributed by atoms with E-state index in [-0.39, 0.29) is 0 Å². The first-order valence-corrected chi connectivity index (χ1v) is 6.41. The number of aliphatic imine (C=N–C) groups is 1. The Morgan fingerprint density at radius 2 is 2.24 bits per heavy atom. The molecule has 2 N–H and O–H groups in total. The van der Waals surface area contributed by atoms with E-state index in [1.54, 1.807) is 0 Å². The average Bonchev–Trinajstić information content (AvgIpc) is 2.63. The van der Waals surface area contributed by atoms with Gasteiger partial charge in [-0.15, -0.1) is 0 Å². The second kappa shape index (κ2) is 4.69. The normalized spacial score (nSPS) is 25.4. The standard InChI is InChI=1S/C13H24N4/c1-13(2,3)9-16-6-5-12(15-10-16)17-7-4-11(14)8-17/h5-6,11H,4,7-10,14H2,1-3H3/t11-/m1/s1. The van der Waals surface area contributed by atoms with Gasteiger partial charge in [0, 0.05) is 31.9 Å². The van der Waals surface area contributed by atoms with Crippen LogP contribution in [0.15, 0.2) is 17.3 Å². The molecule has 2 heterocycles. The van der Waals surface area contributed by atoms with Gasteiger partial charge in [0.2, 0.25) is 0 Å². The van der Waals surface area contributed by atoms with Gasteiger partial charge in [-0.25, -0.2) is 4.99 Å². The van der Waals surface area contributed by atoms with Gasteiger partial charge in [0.1, 0.15) is 12.5 Å². The lowest BCUT2D eigenvalue weighted by Gasteiger charge is -2.31. The molecule has 0 radical (unpaired) electrons. The van der Waals surface area contributed by atoms with Crippen molar-refractivity contribution >= 4 is 5.84 Å². The Kier molecular flexibility index (Phi) is 3.43. The van der Waals surface area contributed by atoms with Crippen LogP contribution in [0.2, 0.25) is 0 Å². The van der Waals surface area contributed by atoms with Gasteiger partial charge in [-0.3, -0.25) is 0 Å². The summed E-state index contributed by atoms with van der Waals surface area (Å²) in [5.41, 5.74) is 6.22. The molecule has 0 aromatic heterocycles. The Morgan fingerprint density at radius 1 is 1.47 bits per heavy atom. The fourth-order valence-electron chi connectivity index (χ4n) is 2.35. The molecule has 0 spiro atoms. The highest BCUT2D eigenvalue weighted by Crippen LogP contribution is 2.17. The Labute approximate surface area is 104 Å². The smallest absolute Gasteiger partial charge is 0.127 e. The third-order valence-corrected chi connectivity index (χ3v) is 3.07. The molecule has 4 heteroatoms. The summed E-state index contributed by atoms with van der Waals surface area (Å²) >= 11 is 0. The van der Waals surface area contributed by atoms with Crippen molar-refractivity contribution in [2.24, 2.45) is 16.1 Å². The van der Waals surface area contributed by atoms with Crippen LogP contribution in [0.5, 0.6) is 0 Å². The minimum atomic E-state index is 0.313. The molecule has 0 saturated carbocycles. The van der Waals surface area contributed by atoms with Gasteiger partial charge < -0.3 is 15.5 Å². The van der Waals surface area contributed by atoms with Crippen molar-refractivity contribution in [3.05, 3.63) is 12.3 Å². The highest BCUT2D eigenvalue weighted by atomic mass is 15.3. The summed E-state index contributed by atoms with van der Waals surface area (Å²) < 4.78 is 0. The van der Waals surface area contributed by atoms with E-state index in [9.17, 15) is 0 Å². The zero-order valence-electron chi connectivity index (χ0n) is 11.2. The molecule has 1 fully saturated rings. The lowest BCUT2D eigenvalue weighted by Crippen LogP contribution is -2.36. The van der Waals surface area contributed by atoms with Gasteiger partial charge in [-0.1, -0.05) is 20.8 Å². The molecule has 17 heavy (non-hydrogen) atoms. The van der Waals surface area contributed by atoms with Crippen molar-refractivity contribution in [2.45, 2.75) is 33.2 Å². The zero-order chi connectivity index (χ0) is 12.5. The summed E-state index contributed by atoms with van der Waals surface area (Å²) in [5, 5.41) is 0. The lowest BCUT2D eigenvalue weighted by molar-refractivity contribution is 0.253. The summed E-state index contributed by atoms with van der Waals surface area (Å²) in [6.45, 7) is 10.6. The molecule has 2 aliphatic heterocycles. The second-order valence-electron chi connectivity index (χ2n) is 6.28. The molecule has 1 atom stereocenters. The molecule has 0 aromatic carbocycles. The fourth-order valence-corrected chi connectivity index (χ4v) is 2.35. The van der Waals surface area contributed by atoms with Crippen molar-refractivity contribution in [3.8, 4) is 0 Å². The number of nitrogens with two attached hydrogens (primary N) is 1. The van der Waals surface area contributed by atoms with Crippen LogP contribution in [0.3, 0.4) is 0 Å². The zero-order valence-corrected chi connectivity index (χ0v) is 11.2. The maximum atomic E-state index is 5.91. The van der Waals surface area contributed by atoms with E-state index in [1.165, 1.54) is 0 Å². The van der Waals surface area contributed by atoms with E-state index in [2.05, 4.69) is 47.8 Å². The lowest BCUT2D eigenvalue weighted by atomic mass is 9.96. The van der Waals surface area contributed by atoms with Gasteiger partial charge in [0.05, 0.1) is 0 Å². The van der Waals surface area contributed by atoms with Gasteiger partial charge >= 0.3 is 0 Å². The molecule has 4 nitrogen and oxygen atoms in total. The summed E-state index contributed by atoms with van der Waals surface area (Å²) in [7, 11) is 0. The molecule has 0 bridgehead atoms. The largest absolute Gasteiger partial charge is 0.358 e. The fraction of sp³-hybridized carbons (Fsp3) is 0.769. The van der Waals surface area contributed by atoms with Crippen LogP contribution in [0.4, 0.5) is 0 Å². The summed E-state index contributed by atoms with van der Waals surface area (Å²) in [6.07, 6.45) is 5.36. The first-order valence-electron chi connectivity index (χ1n) is 6.41. The van der Waals surface area contributed by atoms with E-state index in [4.69, 9.17) is 5.73 Å². The van der Waals surface area contributed by atoms with Crippen molar-refractivity contribution in [1.29, 1.82) is 0 Å². The van der Waals surface area contributed by atoms with Crippen LogP contribution in [0, 0.1) is 5.41 Å². The monoisotopic (exact) mass is 236 g/mol. The van der Waals surface area contributed by atoms with Crippen LogP contribution in [-0.2, 0) is 0 Å². The Bertz CT molecular complexity index is 327. The van der Waals surface area contributed by atoms with E-state index in [0.717, 1.165) is 38.6 Å². The SMILES string of the molecule is CC(C)(C)CN1C=CC(N2CC[C@@H](N)C2)=NC1. The molecular weight excluding hydrogens is 212 g/mol. The van der Waals surface area contributed by atoms with Gasteiger partial charge in [-0.05, 0) is 17.9 Å². The van der Waals surface area contributed by atoms with E-state index in [0.29, 0.717) is 11.5 Å². The van der Waals surface area contributed by atoms with E-state index < -0.39 is 0 Å². The molecular formula is C13H24N4. The van der Waals surface area contributed by atoms with Crippen molar-refractivity contribution in [1.82, 2.24) is 9.80 Å². The first kappa shape index (κ1) is 12.4. The summed E-state index contributed by atoms with van der Waals surface area (Å²) in [5.74, 6) is 1.10. The number of rotatable bonds is 1.